The summed E-state index contributed by atoms with van der Waals surface area (Å²) in [6, 6.07) is 18.7. The largest absolute Gasteiger partial charge is 0.481 e. The molecule has 0 spiro atoms. The number of carbonyl (C=O) groups is 1. The normalized spacial score (nSPS) is 19.3. The highest BCUT2D eigenvalue weighted by atomic mass is 19.4. The van der Waals surface area contributed by atoms with E-state index in [0.717, 1.165) is 34.0 Å². The Morgan fingerprint density at radius 3 is 2.47 bits per heavy atom. The zero-order valence-electron chi connectivity index (χ0n) is 20.1. The molecule has 3 nitrogen and oxygen atoms in total. The molecule has 4 rings (SSSR count). The summed E-state index contributed by atoms with van der Waals surface area (Å²) in [5.74, 6) is 5.55. The molecule has 1 N–H and O–H groups in total. The number of nitrogens with zero attached hydrogens (tertiary/aromatic N) is 1. The second-order valence-electron chi connectivity index (χ2n) is 9.38. The Bertz CT molecular complexity index is 1310. The molecule has 0 bridgehead atoms. The van der Waals surface area contributed by atoms with E-state index < -0.39 is 17.7 Å². The van der Waals surface area contributed by atoms with Gasteiger partial charge in [-0.1, -0.05) is 73.0 Å². The Hall–Kier alpha value is -3.56. The molecular formula is C30H28F3NO2. The minimum atomic E-state index is -4.42. The first kappa shape index (κ1) is 25.5. The molecule has 0 amide bonds. The fraction of sp³-hybridized carbons (Fsp3) is 0.300. The first-order chi connectivity index (χ1) is 17.1. The Labute approximate surface area is 209 Å². The SMILES string of the molecule is C=C(C)C#C[C@@H](c1cccc2ccccc12)N1CC[C@H](CC(=O)O)C[C@@H]1c1ccc(C(F)(F)F)cc1. The number of rotatable bonds is 5. The van der Waals surface area contributed by atoms with E-state index in [0.29, 0.717) is 25.0 Å². The first-order valence-electron chi connectivity index (χ1n) is 11.9. The van der Waals surface area contributed by atoms with Gasteiger partial charge < -0.3 is 5.11 Å². The van der Waals surface area contributed by atoms with Gasteiger partial charge in [0.25, 0.3) is 0 Å². The molecule has 36 heavy (non-hydrogen) atoms. The molecule has 0 unspecified atom stereocenters. The van der Waals surface area contributed by atoms with Gasteiger partial charge in [-0.15, -0.1) is 0 Å². The second kappa shape index (κ2) is 10.6. The van der Waals surface area contributed by atoms with Crippen molar-refractivity contribution in [2.75, 3.05) is 6.54 Å². The average molecular weight is 492 g/mol. The molecule has 1 aliphatic rings. The minimum Gasteiger partial charge on any atom is -0.481 e. The van der Waals surface area contributed by atoms with Crippen molar-refractivity contribution < 1.29 is 23.1 Å². The van der Waals surface area contributed by atoms with Crippen LogP contribution in [0.1, 0.15) is 55.0 Å². The zero-order valence-corrected chi connectivity index (χ0v) is 20.1. The van der Waals surface area contributed by atoms with Gasteiger partial charge in [-0.3, -0.25) is 9.69 Å². The van der Waals surface area contributed by atoms with Crippen molar-refractivity contribution in [2.24, 2.45) is 5.92 Å². The summed E-state index contributed by atoms with van der Waals surface area (Å²) in [7, 11) is 0. The van der Waals surface area contributed by atoms with Crippen LogP contribution in [0, 0.1) is 17.8 Å². The van der Waals surface area contributed by atoms with E-state index in [1.807, 2.05) is 49.4 Å². The smallest absolute Gasteiger partial charge is 0.416 e. The van der Waals surface area contributed by atoms with Crippen LogP contribution in [-0.4, -0.2) is 22.5 Å². The topological polar surface area (TPSA) is 40.5 Å². The number of carboxylic acid groups (broad SMARTS) is 1. The van der Waals surface area contributed by atoms with Crippen molar-refractivity contribution in [3.05, 3.63) is 95.6 Å². The molecule has 1 aliphatic heterocycles. The van der Waals surface area contributed by atoms with Crippen LogP contribution in [-0.2, 0) is 11.0 Å². The molecule has 186 valence electrons. The van der Waals surface area contributed by atoms with E-state index in [4.69, 9.17) is 0 Å². The number of fused-ring (bicyclic) bond motifs is 1. The summed E-state index contributed by atoms with van der Waals surface area (Å²) in [5, 5.41) is 11.5. The van der Waals surface area contributed by atoms with Crippen LogP contribution in [0.25, 0.3) is 10.8 Å². The Kier molecular flexibility index (Phi) is 7.51. The third-order valence-electron chi connectivity index (χ3n) is 6.71. The van der Waals surface area contributed by atoms with Crippen molar-refractivity contribution in [1.29, 1.82) is 0 Å². The van der Waals surface area contributed by atoms with E-state index in [1.165, 1.54) is 12.1 Å². The lowest BCUT2D eigenvalue weighted by Gasteiger charge is -2.43. The van der Waals surface area contributed by atoms with Crippen molar-refractivity contribution in [3.8, 4) is 11.8 Å². The van der Waals surface area contributed by atoms with E-state index in [1.54, 1.807) is 0 Å². The highest BCUT2D eigenvalue weighted by molar-refractivity contribution is 5.86. The van der Waals surface area contributed by atoms with Crippen molar-refractivity contribution in [1.82, 2.24) is 4.90 Å². The number of carboxylic acids is 1. The van der Waals surface area contributed by atoms with Gasteiger partial charge in [-0.05, 0) is 65.3 Å². The van der Waals surface area contributed by atoms with Crippen molar-refractivity contribution >= 4 is 16.7 Å². The number of allylic oxidation sites excluding steroid dienone is 1. The van der Waals surface area contributed by atoms with Gasteiger partial charge in [0.1, 0.15) is 0 Å². The lowest BCUT2D eigenvalue weighted by Crippen LogP contribution is -2.39. The molecular weight excluding hydrogens is 463 g/mol. The molecule has 3 atom stereocenters. The maximum absolute atomic E-state index is 13.2. The number of aliphatic carboxylic acids is 1. The number of benzene rings is 3. The number of likely N-dealkylation sites (tertiary alicyclic amines) is 1. The van der Waals surface area contributed by atoms with Crippen LogP contribution in [0.15, 0.2) is 78.9 Å². The van der Waals surface area contributed by atoms with Gasteiger partial charge in [0.2, 0.25) is 0 Å². The van der Waals surface area contributed by atoms with Crippen LogP contribution >= 0.6 is 0 Å². The summed E-state index contributed by atoms with van der Waals surface area (Å²) in [6.45, 7) is 6.32. The molecule has 0 aliphatic carbocycles. The van der Waals surface area contributed by atoms with Crippen molar-refractivity contribution in [2.45, 2.75) is 44.4 Å². The van der Waals surface area contributed by atoms with Crippen LogP contribution in [0.5, 0.6) is 0 Å². The third-order valence-corrected chi connectivity index (χ3v) is 6.71. The summed E-state index contributed by atoms with van der Waals surface area (Å²) < 4.78 is 39.6. The highest BCUT2D eigenvalue weighted by Crippen LogP contribution is 2.42. The van der Waals surface area contributed by atoms with Gasteiger partial charge in [0.15, 0.2) is 0 Å². The highest BCUT2D eigenvalue weighted by Gasteiger charge is 2.36. The van der Waals surface area contributed by atoms with Gasteiger partial charge in [-0.25, -0.2) is 0 Å². The molecule has 0 saturated carbocycles. The number of alkyl halides is 3. The Morgan fingerprint density at radius 2 is 1.81 bits per heavy atom. The lowest BCUT2D eigenvalue weighted by molar-refractivity contribution is -0.139. The quantitative estimate of drug-likeness (QED) is 0.378. The molecule has 0 aromatic heterocycles. The molecule has 1 fully saturated rings. The van der Waals surface area contributed by atoms with Crippen LogP contribution < -0.4 is 0 Å². The van der Waals surface area contributed by atoms with Crippen LogP contribution in [0.4, 0.5) is 13.2 Å². The number of halogens is 3. The molecule has 0 radical (unpaired) electrons. The third kappa shape index (κ3) is 5.80. The van der Waals surface area contributed by atoms with E-state index in [2.05, 4.69) is 23.3 Å². The van der Waals surface area contributed by atoms with Crippen molar-refractivity contribution in [3.63, 3.8) is 0 Å². The second-order valence-corrected chi connectivity index (χ2v) is 9.38. The van der Waals surface area contributed by atoms with Gasteiger partial charge in [-0.2, -0.15) is 13.2 Å². The number of hydrogen-bond donors (Lipinski definition) is 1. The molecule has 1 heterocycles. The Balaban J connectivity index is 1.81. The fourth-order valence-electron chi connectivity index (χ4n) is 5.04. The maximum Gasteiger partial charge on any atom is 0.416 e. The Morgan fingerprint density at radius 1 is 1.11 bits per heavy atom. The summed E-state index contributed by atoms with van der Waals surface area (Å²) in [5.41, 5.74) is 1.74. The number of piperidine rings is 1. The van der Waals surface area contributed by atoms with Crippen LogP contribution in [0.3, 0.4) is 0 Å². The molecule has 1 saturated heterocycles. The maximum atomic E-state index is 13.2. The van der Waals surface area contributed by atoms with E-state index in [-0.39, 0.29) is 24.4 Å². The standard InChI is InChI=1S/C30H28F3NO2/c1-20(2)10-15-27(26-9-5-7-22-6-3-4-8-25(22)26)34-17-16-21(19-29(35)36)18-28(34)23-11-13-24(14-12-23)30(31,32)33/h3-9,11-14,21,27-28H,1,16-19H2,2H3,(H,35,36)/t21-,27-,28+/m0/s1. The first-order valence-corrected chi connectivity index (χ1v) is 11.9. The fourth-order valence-corrected chi connectivity index (χ4v) is 5.04. The molecule has 3 aromatic rings. The lowest BCUT2D eigenvalue weighted by atomic mass is 9.83. The minimum absolute atomic E-state index is 0.0291. The monoisotopic (exact) mass is 491 g/mol. The summed E-state index contributed by atoms with van der Waals surface area (Å²) >= 11 is 0. The van der Waals surface area contributed by atoms with E-state index >= 15 is 0 Å². The number of hydrogen-bond acceptors (Lipinski definition) is 2. The predicted molar refractivity (Wildman–Crippen MR) is 135 cm³/mol. The van der Waals surface area contributed by atoms with Gasteiger partial charge in [0, 0.05) is 19.0 Å². The van der Waals surface area contributed by atoms with E-state index in [9.17, 15) is 23.1 Å². The van der Waals surface area contributed by atoms with Gasteiger partial charge >= 0.3 is 12.1 Å². The molecule has 3 aromatic carbocycles. The van der Waals surface area contributed by atoms with Crippen LogP contribution in [0.2, 0.25) is 0 Å². The van der Waals surface area contributed by atoms with Gasteiger partial charge in [0.05, 0.1) is 11.6 Å². The summed E-state index contributed by atoms with van der Waals surface area (Å²) in [4.78, 5) is 13.7. The molecule has 6 heteroatoms. The average Bonchev–Trinajstić information content (AvgIpc) is 2.84. The zero-order chi connectivity index (χ0) is 25.9. The predicted octanol–water partition coefficient (Wildman–Crippen LogP) is 7.41. The summed E-state index contributed by atoms with van der Waals surface area (Å²) in [6.07, 6.45) is -3.20.